The van der Waals surface area contributed by atoms with Crippen molar-refractivity contribution in [3.05, 3.63) is 65.6 Å². The molecular weight excluding hydrogens is 512 g/mol. The third kappa shape index (κ3) is 4.35. The highest BCUT2D eigenvalue weighted by molar-refractivity contribution is 7.92. The van der Waals surface area contributed by atoms with Gasteiger partial charge in [0.1, 0.15) is 22.2 Å². The van der Waals surface area contributed by atoms with Crippen LogP contribution in [0.4, 0.5) is 26.0 Å². The average molecular weight is 531 g/mol. The molecule has 0 saturated carbocycles. The Morgan fingerprint density at radius 1 is 1.17 bits per heavy atom. The van der Waals surface area contributed by atoms with Crippen molar-refractivity contribution in [2.24, 2.45) is 0 Å². The van der Waals surface area contributed by atoms with Gasteiger partial charge in [-0.05, 0) is 36.8 Å². The monoisotopic (exact) mass is 530 g/mol. The van der Waals surface area contributed by atoms with E-state index in [0.29, 0.717) is 23.3 Å². The van der Waals surface area contributed by atoms with Gasteiger partial charge in [0.05, 0.1) is 40.5 Å². The number of halogens is 2. The SMILES string of the molecule is CCCS(=O)(=O)Nc1ccc(F)c(C(=O)c2c[nH]c3[nH+]cnc(Nc4ccc5nsnc5c4)c23)c1F. The summed E-state index contributed by atoms with van der Waals surface area (Å²) in [5, 5.41) is 3.36. The van der Waals surface area contributed by atoms with Gasteiger partial charge in [-0.2, -0.15) is 8.75 Å². The zero-order chi connectivity index (χ0) is 25.4. The lowest BCUT2D eigenvalue weighted by Gasteiger charge is -2.11. The number of hydrogen-bond acceptors (Lipinski definition) is 8. The molecule has 0 atom stereocenters. The van der Waals surface area contributed by atoms with Gasteiger partial charge in [0.2, 0.25) is 33.6 Å². The average Bonchev–Trinajstić information content (AvgIpc) is 3.48. The molecule has 0 saturated heterocycles. The predicted octanol–water partition coefficient (Wildman–Crippen LogP) is 3.79. The van der Waals surface area contributed by atoms with Crippen molar-refractivity contribution in [1.82, 2.24) is 18.7 Å². The van der Waals surface area contributed by atoms with Gasteiger partial charge < -0.3 is 5.32 Å². The van der Waals surface area contributed by atoms with Gasteiger partial charge in [-0.1, -0.05) is 11.9 Å². The summed E-state index contributed by atoms with van der Waals surface area (Å²) in [6, 6.07) is 7.06. The second-order valence-electron chi connectivity index (χ2n) is 7.83. The molecule has 5 aromatic rings. The third-order valence-electron chi connectivity index (χ3n) is 5.34. The highest BCUT2D eigenvalue weighted by atomic mass is 32.2. The number of H-pyrrole nitrogens is 2. The molecule has 0 spiro atoms. The lowest BCUT2D eigenvalue weighted by atomic mass is 10.0. The number of benzene rings is 2. The summed E-state index contributed by atoms with van der Waals surface area (Å²) in [5.41, 5.74) is 0.911. The molecule has 0 aliphatic heterocycles. The van der Waals surface area contributed by atoms with E-state index < -0.39 is 38.7 Å². The second-order valence-corrected chi connectivity index (χ2v) is 10.2. The van der Waals surface area contributed by atoms with Crippen LogP contribution in [0.15, 0.2) is 42.9 Å². The Kier molecular flexibility index (Phi) is 6.05. The van der Waals surface area contributed by atoms with E-state index >= 15 is 4.39 Å². The van der Waals surface area contributed by atoms with Crippen LogP contribution in [0, 0.1) is 11.6 Å². The van der Waals surface area contributed by atoms with Crippen molar-refractivity contribution in [1.29, 1.82) is 0 Å². The molecule has 0 radical (unpaired) electrons. The van der Waals surface area contributed by atoms with E-state index in [1.54, 1.807) is 25.1 Å². The number of anilines is 3. The molecule has 2 aromatic carbocycles. The minimum absolute atomic E-state index is 0.0698. The van der Waals surface area contributed by atoms with Crippen LogP contribution in [-0.4, -0.2) is 38.7 Å². The molecule has 3 aromatic heterocycles. The smallest absolute Gasteiger partial charge is 0.236 e. The van der Waals surface area contributed by atoms with Crippen molar-refractivity contribution in [2.45, 2.75) is 13.3 Å². The van der Waals surface area contributed by atoms with Crippen LogP contribution in [0.3, 0.4) is 0 Å². The maximum Gasteiger partial charge on any atom is 0.236 e. The number of carbonyl (C=O) groups is 1. The largest absolute Gasteiger partial charge is 0.326 e. The molecule has 0 amide bonds. The summed E-state index contributed by atoms with van der Waals surface area (Å²) in [6.45, 7) is 1.65. The minimum Gasteiger partial charge on any atom is -0.326 e. The van der Waals surface area contributed by atoms with Gasteiger partial charge >= 0.3 is 0 Å². The fourth-order valence-electron chi connectivity index (χ4n) is 3.74. The Balaban J connectivity index is 1.56. The molecule has 0 aliphatic rings. The van der Waals surface area contributed by atoms with E-state index in [-0.39, 0.29) is 22.5 Å². The fourth-order valence-corrected chi connectivity index (χ4v) is 5.39. The molecule has 10 nitrogen and oxygen atoms in total. The molecule has 4 N–H and O–H groups in total. The second kappa shape index (κ2) is 9.20. The maximum atomic E-state index is 15.3. The molecular formula is C22H18F2N7O3S2+. The van der Waals surface area contributed by atoms with Gasteiger partial charge in [0.25, 0.3) is 0 Å². The number of aromatic nitrogens is 5. The molecule has 0 unspecified atom stereocenters. The molecule has 184 valence electrons. The van der Waals surface area contributed by atoms with E-state index in [9.17, 15) is 17.6 Å². The predicted molar refractivity (Wildman–Crippen MR) is 131 cm³/mol. The first-order chi connectivity index (χ1) is 17.3. The first kappa shape index (κ1) is 23.7. The van der Waals surface area contributed by atoms with Crippen molar-refractivity contribution in [2.75, 3.05) is 15.8 Å². The summed E-state index contributed by atoms with van der Waals surface area (Å²) >= 11 is 1.07. The summed E-state index contributed by atoms with van der Waals surface area (Å²) in [7, 11) is -3.87. The fraction of sp³-hybridized carbons (Fsp3) is 0.136. The summed E-state index contributed by atoms with van der Waals surface area (Å²) in [6.07, 6.45) is 2.99. The van der Waals surface area contributed by atoms with Crippen molar-refractivity contribution >= 4 is 66.8 Å². The van der Waals surface area contributed by atoms with Crippen LogP contribution in [0.2, 0.25) is 0 Å². The Labute approximate surface area is 207 Å². The van der Waals surface area contributed by atoms with Gasteiger partial charge in [-0.3, -0.25) is 14.5 Å². The first-order valence-corrected chi connectivity index (χ1v) is 13.1. The van der Waals surface area contributed by atoms with Crippen molar-refractivity contribution in [3.8, 4) is 0 Å². The van der Waals surface area contributed by atoms with Crippen LogP contribution in [0.5, 0.6) is 0 Å². The molecule has 3 heterocycles. The Morgan fingerprint density at radius 3 is 2.78 bits per heavy atom. The maximum absolute atomic E-state index is 15.3. The van der Waals surface area contributed by atoms with Gasteiger partial charge in [-0.15, -0.1) is 0 Å². The molecule has 0 bridgehead atoms. The third-order valence-corrected chi connectivity index (χ3v) is 7.37. The lowest BCUT2D eigenvalue weighted by Crippen LogP contribution is -2.18. The summed E-state index contributed by atoms with van der Waals surface area (Å²) in [4.78, 5) is 23.4. The molecule has 5 rings (SSSR count). The molecule has 0 aliphatic carbocycles. The topological polar surface area (TPSA) is 144 Å². The summed E-state index contributed by atoms with van der Waals surface area (Å²) < 4.78 is 64.6. The van der Waals surface area contributed by atoms with E-state index in [0.717, 1.165) is 29.4 Å². The molecule has 36 heavy (non-hydrogen) atoms. The van der Waals surface area contributed by atoms with E-state index in [1.165, 1.54) is 12.5 Å². The number of hydrogen-bond donors (Lipinski definition) is 3. The lowest BCUT2D eigenvalue weighted by molar-refractivity contribution is -0.352. The van der Waals surface area contributed by atoms with E-state index in [4.69, 9.17) is 0 Å². The van der Waals surface area contributed by atoms with Crippen molar-refractivity contribution in [3.63, 3.8) is 0 Å². The normalized spacial score (nSPS) is 11.8. The minimum atomic E-state index is -3.87. The first-order valence-electron chi connectivity index (χ1n) is 10.7. The number of nitrogens with zero attached hydrogens (tertiary/aromatic N) is 3. The number of fused-ring (bicyclic) bond motifs is 2. The van der Waals surface area contributed by atoms with Crippen LogP contribution in [0.1, 0.15) is 29.3 Å². The number of nitrogens with one attached hydrogen (secondary N) is 4. The van der Waals surface area contributed by atoms with Crippen LogP contribution in [-0.2, 0) is 10.0 Å². The zero-order valence-electron chi connectivity index (χ0n) is 18.6. The van der Waals surface area contributed by atoms with Crippen LogP contribution in [0.25, 0.3) is 22.1 Å². The van der Waals surface area contributed by atoms with Gasteiger partial charge in [0.15, 0.2) is 5.82 Å². The Hall–Kier alpha value is -4.04. The van der Waals surface area contributed by atoms with Crippen LogP contribution >= 0.6 is 11.7 Å². The number of carbonyl (C=O) groups excluding carboxylic acids is 1. The number of aromatic amines is 2. The number of sulfonamides is 1. The van der Waals surface area contributed by atoms with Gasteiger partial charge in [-0.25, -0.2) is 22.2 Å². The molecule has 0 fully saturated rings. The standard InChI is InChI=1S/C22H17F2N7O3S2/c1-2-7-36(33,34)31-15-6-4-13(23)18(19(15)24)20(32)12-9-25-21-17(12)22(27-10-26-21)28-11-3-5-14-16(8-11)30-35-29-14/h3-6,8-10,31H,2,7H2,1H3,(H2,25,26,27,28)/p+1. The number of rotatable bonds is 8. The summed E-state index contributed by atoms with van der Waals surface area (Å²) in [5.74, 6) is -3.44. The Bertz CT molecular complexity index is 1730. The van der Waals surface area contributed by atoms with Crippen LogP contribution < -0.4 is 15.0 Å². The van der Waals surface area contributed by atoms with Crippen molar-refractivity contribution < 1.29 is 27.0 Å². The zero-order valence-corrected chi connectivity index (χ0v) is 20.2. The van der Waals surface area contributed by atoms with E-state index in [2.05, 4.69) is 33.7 Å². The quantitative estimate of drug-likeness (QED) is 0.259. The van der Waals surface area contributed by atoms with E-state index in [1.807, 2.05) is 0 Å². The van der Waals surface area contributed by atoms with Gasteiger partial charge in [0, 0.05) is 5.69 Å². The highest BCUT2D eigenvalue weighted by Gasteiger charge is 2.28. The molecule has 14 heteroatoms. The highest BCUT2D eigenvalue weighted by Crippen LogP contribution is 2.31. The Morgan fingerprint density at radius 2 is 1.97 bits per heavy atom. The number of ketones is 1.